The van der Waals surface area contributed by atoms with Crippen molar-refractivity contribution in [2.24, 2.45) is 5.73 Å². The van der Waals surface area contributed by atoms with E-state index < -0.39 is 5.97 Å². The molecule has 1 heterocycles. The Balaban J connectivity index is 2.22. The van der Waals surface area contributed by atoms with Crippen LogP contribution in [0.3, 0.4) is 0 Å². The molecule has 1 atom stereocenters. The Bertz CT molecular complexity index is 546. The monoisotopic (exact) mass is 294 g/mol. The molecule has 0 bridgehead atoms. The number of rotatable bonds is 3. The van der Waals surface area contributed by atoms with Crippen LogP contribution >= 0.6 is 0 Å². The zero-order valence-corrected chi connectivity index (χ0v) is 11.7. The highest BCUT2D eigenvalue weighted by Crippen LogP contribution is 2.19. The third-order valence-electron chi connectivity index (χ3n) is 3.27. The summed E-state index contributed by atoms with van der Waals surface area (Å²) in [5.74, 6) is -1.05. The van der Waals surface area contributed by atoms with E-state index in [0.29, 0.717) is 26.2 Å². The van der Waals surface area contributed by atoms with Crippen LogP contribution in [0.25, 0.3) is 0 Å². The summed E-state index contributed by atoms with van der Waals surface area (Å²) in [4.78, 5) is 25.6. The van der Waals surface area contributed by atoms with Crippen molar-refractivity contribution in [2.45, 2.75) is 6.10 Å². The lowest BCUT2D eigenvalue weighted by atomic mass is 10.1. The molecule has 1 unspecified atom stereocenters. The number of morpholine rings is 1. The van der Waals surface area contributed by atoms with Gasteiger partial charge in [-0.25, -0.2) is 4.79 Å². The first-order valence-electron chi connectivity index (χ1n) is 6.58. The number of phenolic OH excluding ortho intramolecular Hbond substituents is 1. The molecule has 1 aromatic rings. The Kier molecular flexibility index (Phi) is 4.77. The molecule has 2 rings (SSSR count). The summed E-state index contributed by atoms with van der Waals surface area (Å²) in [5.41, 5.74) is 5.90. The molecular weight excluding hydrogens is 276 g/mol. The number of methoxy groups -OCH3 is 1. The van der Waals surface area contributed by atoms with E-state index in [9.17, 15) is 14.7 Å². The number of hydrogen-bond donors (Lipinski definition) is 2. The summed E-state index contributed by atoms with van der Waals surface area (Å²) >= 11 is 0. The van der Waals surface area contributed by atoms with Crippen molar-refractivity contribution >= 4 is 11.9 Å². The molecule has 1 aliphatic rings. The molecule has 0 aliphatic carbocycles. The number of aromatic hydroxyl groups is 1. The number of benzene rings is 1. The molecule has 114 valence electrons. The van der Waals surface area contributed by atoms with Crippen molar-refractivity contribution in [3.8, 4) is 5.75 Å². The average molecular weight is 294 g/mol. The average Bonchev–Trinajstić information content (AvgIpc) is 2.52. The molecule has 0 radical (unpaired) electrons. The second kappa shape index (κ2) is 6.55. The summed E-state index contributed by atoms with van der Waals surface area (Å²) in [6.45, 7) is 1.57. The van der Waals surface area contributed by atoms with Crippen LogP contribution in [0.1, 0.15) is 20.7 Å². The van der Waals surface area contributed by atoms with Gasteiger partial charge in [-0.3, -0.25) is 4.79 Å². The van der Waals surface area contributed by atoms with E-state index in [1.54, 1.807) is 4.90 Å². The van der Waals surface area contributed by atoms with E-state index in [1.807, 2.05) is 0 Å². The summed E-state index contributed by atoms with van der Waals surface area (Å²) in [5, 5.41) is 9.66. The molecule has 1 aliphatic heterocycles. The van der Waals surface area contributed by atoms with Gasteiger partial charge in [-0.2, -0.15) is 0 Å². The molecule has 0 saturated carbocycles. The van der Waals surface area contributed by atoms with Crippen LogP contribution in [0.2, 0.25) is 0 Å². The van der Waals surface area contributed by atoms with Gasteiger partial charge >= 0.3 is 5.97 Å². The number of nitrogens with zero attached hydrogens (tertiary/aromatic N) is 1. The highest BCUT2D eigenvalue weighted by atomic mass is 16.5. The first kappa shape index (κ1) is 15.3. The number of carbonyl (C=O) groups excluding carboxylic acids is 2. The molecule has 3 N–H and O–H groups in total. The molecule has 0 aromatic heterocycles. The quantitative estimate of drug-likeness (QED) is 0.760. The highest BCUT2D eigenvalue weighted by molar-refractivity contribution is 5.98. The molecule has 7 heteroatoms. The first-order chi connectivity index (χ1) is 10.0. The fraction of sp³-hybridized carbons (Fsp3) is 0.429. The van der Waals surface area contributed by atoms with E-state index >= 15 is 0 Å². The van der Waals surface area contributed by atoms with Gasteiger partial charge in [0.15, 0.2) is 0 Å². The van der Waals surface area contributed by atoms with Crippen molar-refractivity contribution in [1.82, 2.24) is 4.90 Å². The van der Waals surface area contributed by atoms with Crippen LogP contribution in [0, 0.1) is 0 Å². The lowest BCUT2D eigenvalue weighted by molar-refractivity contribution is -0.0167. The molecule has 1 aromatic carbocycles. The van der Waals surface area contributed by atoms with Gasteiger partial charge in [0.1, 0.15) is 5.75 Å². The van der Waals surface area contributed by atoms with E-state index in [4.69, 9.17) is 10.5 Å². The van der Waals surface area contributed by atoms with Gasteiger partial charge in [-0.1, -0.05) is 0 Å². The maximum Gasteiger partial charge on any atom is 0.338 e. The Labute approximate surface area is 122 Å². The van der Waals surface area contributed by atoms with Crippen molar-refractivity contribution in [2.75, 3.05) is 33.4 Å². The van der Waals surface area contributed by atoms with E-state index in [0.717, 1.165) is 0 Å². The van der Waals surface area contributed by atoms with E-state index in [-0.39, 0.29) is 28.9 Å². The minimum absolute atomic E-state index is 0.129. The SMILES string of the molecule is COC(=O)c1cc(O)cc(C(=O)N2CCOC(CN)C2)c1. The van der Waals surface area contributed by atoms with Crippen LogP contribution in [0.4, 0.5) is 0 Å². The summed E-state index contributed by atoms with van der Waals surface area (Å²) < 4.78 is 10.00. The fourth-order valence-corrected chi connectivity index (χ4v) is 2.20. The standard InChI is InChI=1S/C14H18N2O5/c1-20-14(19)10-4-9(5-11(17)6-10)13(18)16-2-3-21-12(7-15)8-16/h4-6,12,17H,2-3,7-8,15H2,1H3. The maximum atomic E-state index is 12.4. The first-order valence-corrected chi connectivity index (χ1v) is 6.58. The number of hydrogen-bond acceptors (Lipinski definition) is 6. The minimum atomic E-state index is -0.609. The predicted octanol–water partition coefficient (Wildman–Crippen LogP) is -0.0215. The third kappa shape index (κ3) is 3.50. The van der Waals surface area contributed by atoms with Gasteiger partial charge in [0.05, 0.1) is 25.4 Å². The molecule has 1 amide bonds. The predicted molar refractivity (Wildman–Crippen MR) is 74.1 cm³/mol. The maximum absolute atomic E-state index is 12.4. The van der Waals surface area contributed by atoms with Gasteiger partial charge in [-0.15, -0.1) is 0 Å². The van der Waals surface area contributed by atoms with Crippen LogP contribution in [-0.2, 0) is 9.47 Å². The van der Waals surface area contributed by atoms with E-state index in [1.165, 1.54) is 25.3 Å². The zero-order valence-electron chi connectivity index (χ0n) is 11.7. The third-order valence-corrected chi connectivity index (χ3v) is 3.27. The molecule has 7 nitrogen and oxygen atoms in total. The van der Waals surface area contributed by atoms with Crippen LogP contribution in [0.5, 0.6) is 5.75 Å². The zero-order chi connectivity index (χ0) is 15.4. The van der Waals surface area contributed by atoms with Gasteiger partial charge in [-0.05, 0) is 18.2 Å². The number of ether oxygens (including phenoxy) is 2. The smallest absolute Gasteiger partial charge is 0.338 e. The van der Waals surface area contributed by atoms with Crippen molar-refractivity contribution in [3.05, 3.63) is 29.3 Å². The van der Waals surface area contributed by atoms with Crippen LogP contribution < -0.4 is 5.73 Å². The molecule has 0 spiro atoms. The molecular formula is C14H18N2O5. The summed E-state index contributed by atoms with van der Waals surface area (Å²) in [7, 11) is 1.24. The van der Waals surface area contributed by atoms with Crippen molar-refractivity contribution < 1.29 is 24.2 Å². The Morgan fingerprint density at radius 2 is 2.14 bits per heavy atom. The Morgan fingerprint density at radius 1 is 1.43 bits per heavy atom. The van der Waals surface area contributed by atoms with Crippen LogP contribution in [0.15, 0.2) is 18.2 Å². The second-order valence-corrected chi connectivity index (χ2v) is 4.74. The molecule has 21 heavy (non-hydrogen) atoms. The van der Waals surface area contributed by atoms with Gasteiger partial charge < -0.3 is 25.2 Å². The number of esters is 1. The van der Waals surface area contributed by atoms with Gasteiger partial charge in [0.2, 0.25) is 0 Å². The van der Waals surface area contributed by atoms with Gasteiger partial charge in [0.25, 0.3) is 5.91 Å². The van der Waals surface area contributed by atoms with E-state index in [2.05, 4.69) is 4.74 Å². The fourth-order valence-electron chi connectivity index (χ4n) is 2.20. The highest BCUT2D eigenvalue weighted by Gasteiger charge is 2.25. The molecule has 1 fully saturated rings. The largest absolute Gasteiger partial charge is 0.508 e. The Morgan fingerprint density at radius 3 is 2.81 bits per heavy atom. The number of carbonyl (C=O) groups is 2. The van der Waals surface area contributed by atoms with Crippen molar-refractivity contribution in [3.63, 3.8) is 0 Å². The molecule has 1 saturated heterocycles. The second-order valence-electron chi connectivity index (χ2n) is 4.74. The van der Waals surface area contributed by atoms with Crippen LogP contribution in [-0.4, -0.2) is 61.3 Å². The number of phenols is 1. The van der Waals surface area contributed by atoms with Crippen molar-refractivity contribution in [1.29, 1.82) is 0 Å². The summed E-state index contributed by atoms with van der Waals surface area (Å²) in [6.07, 6.45) is -0.194. The normalized spacial score (nSPS) is 18.4. The number of nitrogens with two attached hydrogens (primary N) is 1. The summed E-state index contributed by atoms with van der Waals surface area (Å²) in [6, 6.07) is 3.98. The number of amides is 1. The Hall–Kier alpha value is -2.12. The van der Waals surface area contributed by atoms with Gasteiger partial charge in [0, 0.05) is 25.2 Å². The minimum Gasteiger partial charge on any atom is -0.508 e. The topological polar surface area (TPSA) is 102 Å². The lowest BCUT2D eigenvalue weighted by Crippen LogP contribution is -2.48. The lowest BCUT2D eigenvalue weighted by Gasteiger charge is -2.32.